The summed E-state index contributed by atoms with van der Waals surface area (Å²) < 4.78 is 3.61. The van der Waals surface area contributed by atoms with E-state index in [4.69, 9.17) is 5.11 Å². The smallest absolute Gasteiger partial charge is 0.335 e. The second-order valence-electron chi connectivity index (χ2n) is 3.79. The van der Waals surface area contributed by atoms with Gasteiger partial charge in [0, 0.05) is 6.54 Å². The topological polar surface area (TPSA) is 92.2 Å². The second-order valence-corrected chi connectivity index (χ2v) is 4.58. The van der Waals surface area contributed by atoms with Crippen molar-refractivity contribution in [1.29, 1.82) is 0 Å². The van der Waals surface area contributed by atoms with E-state index in [9.17, 15) is 9.59 Å². The third-order valence-corrected chi connectivity index (χ3v) is 3.15. The molecule has 0 saturated carbocycles. The lowest BCUT2D eigenvalue weighted by atomic mass is 10.1. The van der Waals surface area contributed by atoms with Gasteiger partial charge < -0.3 is 10.4 Å². The molecule has 2 rings (SSSR count). The molecule has 0 spiro atoms. The molecule has 0 aliphatic rings. The van der Waals surface area contributed by atoms with Crippen molar-refractivity contribution in [2.24, 2.45) is 0 Å². The maximum absolute atomic E-state index is 11.6. The fourth-order valence-electron chi connectivity index (χ4n) is 1.49. The molecule has 0 unspecified atom stereocenters. The molecule has 0 fully saturated rings. The van der Waals surface area contributed by atoms with E-state index >= 15 is 0 Å². The van der Waals surface area contributed by atoms with Crippen molar-refractivity contribution < 1.29 is 14.7 Å². The van der Waals surface area contributed by atoms with Crippen LogP contribution in [-0.2, 0) is 6.42 Å². The number of carboxylic acids is 1. The Balaban J connectivity index is 1.82. The first kappa shape index (κ1) is 13.2. The molecule has 1 aromatic carbocycles. The number of amides is 1. The largest absolute Gasteiger partial charge is 0.478 e. The molecule has 1 aromatic heterocycles. The summed E-state index contributed by atoms with van der Waals surface area (Å²) in [7, 11) is 0. The highest BCUT2D eigenvalue weighted by Crippen LogP contribution is 2.05. The third-order valence-electron chi connectivity index (χ3n) is 2.49. The summed E-state index contributed by atoms with van der Waals surface area (Å²) in [5.74, 6) is -1.14. The van der Waals surface area contributed by atoms with Crippen LogP contribution in [0, 0.1) is 0 Å². The maximum Gasteiger partial charge on any atom is 0.335 e. The van der Waals surface area contributed by atoms with Crippen molar-refractivity contribution in [3.63, 3.8) is 0 Å². The number of hydrogen-bond donors (Lipinski definition) is 2. The predicted molar refractivity (Wildman–Crippen MR) is 69.3 cm³/mol. The number of benzene rings is 1. The number of carbonyl (C=O) groups excluding carboxylic acids is 1. The SMILES string of the molecule is O=C(O)c1ccc(CCNC(=O)c2cnns2)cc1. The van der Waals surface area contributed by atoms with Gasteiger partial charge in [0.15, 0.2) is 0 Å². The van der Waals surface area contributed by atoms with Gasteiger partial charge in [0.1, 0.15) is 4.88 Å². The molecule has 2 aromatic rings. The monoisotopic (exact) mass is 277 g/mol. The highest BCUT2D eigenvalue weighted by molar-refractivity contribution is 7.07. The first-order chi connectivity index (χ1) is 9.16. The molecule has 0 radical (unpaired) electrons. The van der Waals surface area contributed by atoms with E-state index < -0.39 is 5.97 Å². The number of aromatic nitrogens is 2. The molecule has 0 atom stereocenters. The molecule has 98 valence electrons. The lowest BCUT2D eigenvalue weighted by Gasteiger charge is -2.03. The van der Waals surface area contributed by atoms with E-state index in [0.717, 1.165) is 17.1 Å². The van der Waals surface area contributed by atoms with Crippen LogP contribution in [0.2, 0.25) is 0 Å². The highest BCUT2D eigenvalue weighted by atomic mass is 32.1. The van der Waals surface area contributed by atoms with Gasteiger partial charge in [-0.2, -0.15) is 0 Å². The molecule has 1 amide bonds. The van der Waals surface area contributed by atoms with Crippen LogP contribution < -0.4 is 5.32 Å². The fourth-order valence-corrected chi connectivity index (χ4v) is 1.92. The van der Waals surface area contributed by atoms with Gasteiger partial charge in [-0.15, -0.1) is 5.10 Å². The van der Waals surface area contributed by atoms with E-state index in [2.05, 4.69) is 14.9 Å². The zero-order chi connectivity index (χ0) is 13.7. The van der Waals surface area contributed by atoms with E-state index in [1.54, 1.807) is 24.3 Å². The quantitative estimate of drug-likeness (QED) is 0.857. The average Bonchev–Trinajstić information content (AvgIpc) is 2.93. The van der Waals surface area contributed by atoms with Crippen LogP contribution in [-0.4, -0.2) is 33.1 Å². The summed E-state index contributed by atoms with van der Waals surface area (Å²) in [5.41, 5.74) is 1.22. The standard InChI is InChI=1S/C12H11N3O3S/c16-11(10-7-14-15-19-10)13-6-5-8-1-3-9(4-2-8)12(17)18/h1-4,7H,5-6H2,(H,13,16)(H,17,18). The molecule has 0 saturated heterocycles. The number of rotatable bonds is 5. The van der Waals surface area contributed by atoms with Gasteiger partial charge in [0.25, 0.3) is 5.91 Å². The summed E-state index contributed by atoms with van der Waals surface area (Å²) in [4.78, 5) is 22.7. The Labute approximate surface area is 113 Å². The summed E-state index contributed by atoms with van der Waals surface area (Å²) in [6.45, 7) is 0.475. The first-order valence-electron chi connectivity index (χ1n) is 5.54. The van der Waals surface area contributed by atoms with Crippen molar-refractivity contribution in [3.8, 4) is 0 Å². The Hall–Kier alpha value is -2.28. The lowest BCUT2D eigenvalue weighted by molar-refractivity contribution is 0.0696. The van der Waals surface area contributed by atoms with E-state index in [0.29, 0.717) is 17.8 Å². The van der Waals surface area contributed by atoms with Crippen molar-refractivity contribution in [1.82, 2.24) is 14.9 Å². The lowest BCUT2D eigenvalue weighted by Crippen LogP contribution is -2.24. The minimum Gasteiger partial charge on any atom is -0.478 e. The summed E-state index contributed by atoms with van der Waals surface area (Å²) in [5, 5.41) is 15.1. The third kappa shape index (κ3) is 3.59. The van der Waals surface area contributed by atoms with Crippen LogP contribution in [0.15, 0.2) is 30.5 Å². The molecule has 19 heavy (non-hydrogen) atoms. The Bertz CT molecular complexity index is 566. The van der Waals surface area contributed by atoms with Crippen LogP contribution in [0.25, 0.3) is 0 Å². The van der Waals surface area contributed by atoms with E-state index in [-0.39, 0.29) is 11.5 Å². The molecule has 0 aliphatic carbocycles. The van der Waals surface area contributed by atoms with Crippen LogP contribution in [0.1, 0.15) is 25.6 Å². The molecule has 7 heteroatoms. The van der Waals surface area contributed by atoms with Crippen molar-refractivity contribution in [3.05, 3.63) is 46.5 Å². The maximum atomic E-state index is 11.6. The number of aromatic carboxylic acids is 1. The molecular weight excluding hydrogens is 266 g/mol. The predicted octanol–water partition coefficient (Wildman–Crippen LogP) is 1.21. The number of nitrogens with zero attached hydrogens (tertiary/aromatic N) is 2. The summed E-state index contributed by atoms with van der Waals surface area (Å²) in [6, 6.07) is 6.58. The van der Waals surface area contributed by atoms with Crippen LogP contribution in [0.4, 0.5) is 0 Å². The van der Waals surface area contributed by atoms with Gasteiger partial charge in [0.2, 0.25) is 0 Å². The molecular formula is C12H11N3O3S. The average molecular weight is 277 g/mol. The van der Waals surface area contributed by atoms with Crippen LogP contribution >= 0.6 is 11.5 Å². The fraction of sp³-hybridized carbons (Fsp3) is 0.167. The van der Waals surface area contributed by atoms with E-state index in [1.165, 1.54) is 6.20 Å². The first-order valence-corrected chi connectivity index (χ1v) is 6.32. The van der Waals surface area contributed by atoms with Crippen LogP contribution in [0.5, 0.6) is 0 Å². The van der Waals surface area contributed by atoms with E-state index in [1.807, 2.05) is 0 Å². The Morgan fingerprint density at radius 1 is 1.26 bits per heavy atom. The van der Waals surface area contributed by atoms with Crippen molar-refractivity contribution >= 4 is 23.4 Å². The van der Waals surface area contributed by atoms with Gasteiger partial charge in [-0.3, -0.25) is 4.79 Å². The van der Waals surface area contributed by atoms with Crippen LogP contribution in [0.3, 0.4) is 0 Å². The Kier molecular flexibility index (Phi) is 4.19. The van der Waals surface area contributed by atoms with Gasteiger partial charge in [-0.25, -0.2) is 4.79 Å². The number of carboxylic acid groups (broad SMARTS) is 1. The zero-order valence-electron chi connectivity index (χ0n) is 9.87. The Morgan fingerprint density at radius 3 is 2.58 bits per heavy atom. The minimum atomic E-state index is -0.947. The molecule has 0 aliphatic heterocycles. The second kappa shape index (κ2) is 6.05. The zero-order valence-corrected chi connectivity index (χ0v) is 10.7. The summed E-state index contributed by atoms with van der Waals surface area (Å²) in [6.07, 6.45) is 2.06. The molecule has 1 heterocycles. The van der Waals surface area contributed by atoms with Gasteiger partial charge >= 0.3 is 5.97 Å². The highest BCUT2D eigenvalue weighted by Gasteiger charge is 2.07. The van der Waals surface area contributed by atoms with Gasteiger partial charge in [-0.05, 0) is 35.6 Å². The number of hydrogen-bond acceptors (Lipinski definition) is 5. The molecule has 2 N–H and O–H groups in total. The van der Waals surface area contributed by atoms with Gasteiger partial charge in [0.05, 0.1) is 11.8 Å². The normalized spacial score (nSPS) is 10.1. The molecule has 6 nitrogen and oxygen atoms in total. The number of carbonyl (C=O) groups is 2. The number of nitrogens with one attached hydrogen (secondary N) is 1. The molecule has 0 bridgehead atoms. The Morgan fingerprint density at radius 2 is 2.00 bits per heavy atom. The summed E-state index contributed by atoms with van der Waals surface area (Å²) >= 11 is 1.04. The van der Waals surface area contributed by atoms with Gasteiger partial charge in [-0.1, -0.05) is 16.6 Å². The minimum absolute atomic E-state index is 0.197. The van der Waals surface area contributed by atoms with Crippen molar-refractivity contribution in [2.45, 2.75) is 6.42 Å². The van der Waals surface area contributed by atoms with Crippen molar-refractivity contribution in [2.75, 3.05) is 6.54 Å².